The van der Waals surface area contributed by atoms with Gasteiger partial charge in [-0.05, 0) is 51.7 Å². The molecule has 4 N–H and O–H groups in total. The zero-order valence-electron chi connectivity index (χ0n) is 19.3. The molecule has 2 rings (SSSR count). The van der Waals surface area contributed by atoms with E-state index >= 15 is 0 Å². The summed E-state index contributed by atoms with van der Waals surface area (Å²) in [6.07, 6.45) is 7.30. The third-order valence-corrected chi connectivity index (χ3v) is 5.50. The van der Waals surface area contributed by atoms with Crippen molar-refractivity contribution in [1.29, 1.82) is 0 Å². The van der Waals surface area contributed by atoms with Gasteiger partial charge >= 0.3 is 0 Å². The quantitative estimate of drug-likeness (QED) is 0.161. The SMILES string of the molecule is CCC(=O)C=C(O)C1=C(O)C[C@@H](c2ccc(O)c(O)c2C/C=C(\C)CCC=C(C)C)OC1. The van der Waals surface area contributed by atoms with Crippen LogP contribution in [0.3, 0.4) is 0 Å². The van der Waals surface area contributed by atoms with Crippen molar-refractivity contribution in [3.05, 3.63) is 69.7 Å². The number of carbonyl (C=O) groups is 1. The van der Waals surface area contributed by atoms with E-state index in [9.17, 15) is 25.2 Å². The van der Waals surface area contributed by atoms with Gasteiger partial charge in [-0.1, -0.05) is 36.3 Å². The first-order valence-corrected chi connectivity index (χ1v) is 10.9. The summed E-state index contributed by atoms with van der Waals surface area (Å²) in [7, 11) is 0. The average Bonchev–Trinajstić information content (AvgIpc) is 2.74. The number of ether oxygens (including phenoxy) is 1. The average molecular weight is 443 g/mol. The molecule has 1 aromatic rings. The molecule has 174 valence electrons. The lowest BCUT2D eigenvalue weighted by atomic mass is 9.92. The van der Waals surface area contributed by atoms with Crippen LogP contribution in [0.2, 0.25) is 0 Å². The van der Waals surface area contributed by atoms with Gasteiger partial charge in [-0.15, -0.1) is 0 Å². The van der Waals surface area contributed by atoms with Gasteiger partial charge in [-0.3, -0.25) is 4.79 Å². The molecule has 1 atom stereocenters. The standard InChI is InChI=1S/C26H34O6/c1-5-18(27)13-23(29)21-15-32-25(14-24(21)30)19-11-12-22(28)26(31)20(19)10-9-17(4)8-6-7-16(2)3/h7,9,11-13,25,28-31H,5-6,8,10,14-15H2,1-4H3/b17-9+,23-13?/t25-/m0/s1. The Morgan fingerprint density at radius 2 is 1.88 bits per heavy atom. The number of aromatic hydroxyl groups is 2. The second-order valence-corrected chi connectivity index (χ2v) is 8.35. The van der Waals surface area contributed by atoms with Crippen molar-refractivity contribution in [2.24, 2.45) is 0 Å². The predicted octanol–water partition coefficient (Wildman–Crippen LogP) is 6.03. The summed E-state index contributed by atoms with van der Waals surface area (Å²) in [5, 5.41) is 41.1. The third-order valence-electron chi connectivity index (χ3n) is 5.50. The van der Waals surface area contributed by atoms with E-state index in [-0.39, 0.29) is 53.8 Å². The molecule has 6 nitrogen and oxygen atoms in total. The molecule has 0 aliphatic carbocycles. The van der Waals surface area contributed by atoms with Gasteiger partial charge in [0.05, 0.1) is 18.3 Å². The Labute approximate surface area is 189 Å². The van der Waals surface area contributed by atoms with Crippen LogP contribution in [0.25, 0.3) is 0 Å². The number of rotatable bonds is 9. The van der Waals surface area contributed by atoms with Crippen LogP contribution in [0, 0.1) is 0 Å². The molecule has 1 aliphatic rings. The molecule has 0 spiro atoms. The first-order chi connectivity index (χ1) is 15.1. The minimum atomic E-state index is -0.561. The van der Waals surface area contributed by atoms with E-state index in [0.717, 1.165) is 18.9 Å². The molecule has 0 fully saturated rings. The van der Waals surface area contributed by atoms with E-state index < -0.39 is 6.10 Å². The van der Waals surface area contributed by atoms with Crippen LogP contribution in [-0.4, -0.2) is 32.8 Å². The van der Waals surface area contributed by atoms with Gasteiger partial charge in [0.1, 0.15) is 11.5 Å². The summed E-state index contributed by atoms with van der Waals surface area (Å²) in [4.78, 5) is 11.6. The molecule has 32 heavy (non-hydrogen) atoms. The van der Waals surface area contributed by atoms with Crippen LogP contribution in [0.5, 0.6) is 11.5 Å². The molecule has 0 unspecified atom stereocenters. The zero-order chi connectivity index (χ0) is 23.8. The van der Waals surface area contributed by atoms with Gasteiger partial charge in [0, 0.05) is 24.5 Å². The van der Waals surface area contributed by atoms with E-state index in [1.165, 1.54) is 17.2 Å². The summed E-state index contributed by atoms with van der Waals surface area (Å²) in [6, 6.07) is 3.08. The highest BCUT2D eigenvalue weighted by Gasteiger charge is 2.28. The molecular weight excluding hydrogens is 408 g/mol. The molecule has 0 saturated heterocycles. The van der Waals surface area contributed by atoms with Gasteiger partial charge < -0.3 is 25.2 Å². The van der Waals surface area contributed by atoms with E-state index in [0.29, 0.717) is 17.5 Å². The molecular formula is C26H34O6. The summed E-state index contributed by atoms with van der Waals surface area (Å²) in [6.45, 7) is 7.77. The molecule has 0 saturated carbocycles. The lowest BCUT2D eigenvalue weighted by Gasteiger charge is -2.27. The third kappa shape index (κ3) is 6.76. The maximum absolute atomic E-state index is 11.6. The number of carbonyl (C=O) groups excluding carboxylic acids is 1. The molecule has 0 aromatic heterocycles. The predicted molar refractivity (Wildman–Crippen MR) is 125 cm³/mol. The van der Waals surface area contributed by atoms with Crippen molar-refractivity contribution in [3.8, 4) is 11.5 Å². The van der Waals surface area contributed by atoms with Crippen molar-refractivity contribution < 1.29 is 30.0 Å². The van der Waals surface area contributed by atoms with Crippen LogP contribution in [0.1, 0.15) is 70.6 Å². The molecule has 0 radical (unpaired) electrons. The number of hydrogen-bond donors (Lipinski definition) is 4. The number of allylic oxidation sites excluding steroid dienone is 5. The number of ketones is 1. The Hall–Kier alpha value is -2.99. The van der Waals surface area contributed by atoms with Crippen LogP contribution < -0.4 is 0 Å². The van der Waals surface area contributed by atoms with Crippen LogP contribution in [0.4, 0.5) is 0 Å². The molecule has 1 heterocycles. The van der Waals surface area contributed by atoms with Crippen molar-refractivity contribution in [2.75, 3.05) is 6.61 Å². The Kier molecular flexibility index (Phi) is 9.14. The number of aliphatic hydroxyl groups is 2. The molecule has 0 bridgehead atoms. The first-order valence-electron chi connectivity index (χ1n) is 10.9. The Morgan fingerprint density at radius 1 is 1.16 bits per heavy atom. The number of aliphatic hydroxyl groups excluding tert-OH is 2. The monoisotopic (exact) mass is 442 g/mol. The number of hydrogen-bond acceptors (Lipinski definition) is 6. The smallest absolute Gasteiger partial charge is 0.161 e. The molecule has 6 heteroatoms. The van der Waals surface area contributed by atoms with Gasteiger partial charge in [-0.25, -0.2) is 0 Å². The van der Waals surface area contributed by atoms with Crippen molar-refractivity contribution in [1.82, 2.24) is 0 Å². The fourth-order valence-electron chi connectivity index (χ4n) is 3.51. The van der Waals surface area contributed by atoms with Gasteiger partial charge in [-0.2, -0.15) is 0 Å². The second kappa shape index (κ2) is 11.6. The summed E-state index contributed by atoms with van der Waals surface area (Å²) in [5.41, 5.74) is 3.82. The highest BCUT2D eigenvalue weighted by Crippen LogP contribution is 2.40. The van der Waals surface area contributed by atoms with Crippen molar-refractivity contribution >= 4 is 5.78 Å². The summed E-state index contributed by atoms with van der Waals surface area (Å²) >= 11 is 0. The van der Waals surface area contributed by atoms with Crippen LogP contribution in [0.15, 0.2) is 58.6 Å². The van der Waals surface area contributed by atoms with E-state index in [1.807, 2.05) is 13.0 Å². The molecule has 0 amide bonds. The Bertz CT molecular complexity index is 961. The van der Waals surface area contributed by atoms with Crippen LogP contribution >= 0.6 is 0 Å². The zero-order valence-corrected chi connectivity index (χ0v) is 19.3. The lowest BCUT2D eigenvalue weighted by molar-refractivity contribution is -0.114. The Balaban J connectivity index is 2.26. The second-order valence-electron chi connectivity index (χ2n) is 8.35. The molecule has 1 aliphatic heterocycles. The fourth-order valence-corrected chi connectivity index (χ4v) is 3.51. The first kappa shape index (κ1) is 25.3. The lowest BCUT2D eigenvalue weighted by Crippen LogP contribution is -2.18. The van der Waals surface area contributed by atoms with Crippen molar-refractivity contribution in [2.45, 2.75) is 65.9 Å². The van der Waals surface area contributed by atoms with E-state index in [1.54, 1.807) is 13.0 Å². The number of phenols is 2. The molecule has 1 aromatic carbocycles. The van der Waals surface area contributed by atoms with Gasteiger partial charge in [0.2, 0.25) is 0 Å². The maximum Gasteiger partial charge on any atom is 0.161 e. The summed E-state index contributed by atoms with van der Waals surface area (Å²) < 4.78 is 5.87. The van der Waals surface area contributed by atoms with Crippen molar-refractivity contribution in [3.63, 3.8) is 0 Å². The fraction of sp³-hybridized carbons (Fsp3) is 0.423. The normalized spacial score (nSPS) is 17.4. The van der Waals surface area contributed by atoms with Gasteiger partial charge in [0.15, 0.2) is 17.3 Å². The minimum absolute atomic E-state index is 0.0640. The minimum Gasteiger partial charge on any atom is -0.512 e. The van der Waals surface area contributed by atoms with Gasteiger partial charge in [0.25, 0.3) is 0 Å². The number of benzene rings is 1. The maximum atomic E-state index is 11.6. The number of phenolic OH excluding ortho intramolecular Hbond substituents is 2. The summed E-state index contributed by atoms with van der Waals surface area (Å²) in [5.74, 6) is -1.02. The van der Waals surface area contributed by atoms with E-state index in [4.69, 9.17) is 4.74 Å². The highest BCUT2D eigenvalue weighted by atomic mass is 16.5. The topological polar surface area (TPSA) is 107 Å². The van der Waals surface area contributed by atoms with Crippen LogP contribution in [-0.2, 0) is 16.0 Å². The Morgan fingerprint density at radius 3 is 2.50 bits per heavy atom. The van der Waals surface area contributed by atoms with E-state index in [2.05, 4.69) is 19.9 Å². The largest absolute Gasteiger partial charge is 0.512 e. The highest BCUT2D eigenvalue weighted by molar-refractivity contribution is 5.90.